The lowest BCUT2D eigenvalue weighted by molar-refractivity contribution is -0.141. The van der Waals surface area contributed by atoms with E-state index in [1.165, 1.54) is 5.82 Å². The normalized spacial score (nSPS) is 29.2. The first-order valence-corrected chi connectivity index (χ1v) is 7.51. The molecule has 0 radical (unpaired) electrons. The number of rotatable bonds is 3. The van der Waals surface area contributed by atoms with Crippen molar-refractivity contribution in [1.82, 2.24) is 14.5 Å². The van der Waals surface area contributed by atoms with E-state index in [4.69, 9.17) is 4.74 Å². The van der Waals surface area contributed by atoms with E-state index in [1.54, 1.807) is 0 Å². The Labute approximate surface area is 119 Å². The average Bonchev–Trinajstić information content (AvgIpc) is 3.05. The maximum Gasteiger partial charge on any atom is 0.251 e. The number of amides is 1. The van der Waals surface area contributed by atoms with Gasteiger partial charge in [-0.1, -0.05) is 6.92 Å². The van der Waals surface area contributed by atoms with E-state index in [2.05, 4.69) is 16.5 Å². The van der Waals surface area contributed by atoms with Crippen molar-refractivity contribution in [3.05, 3.63) is 18.2 Å². The van der Waals surface area contributed by atoms with Crippen LogP contribution in [0.25, 0.3) is 0 Å². The molecule has 2 aliphatic rings. The molecule has 3 heterocycles. The molecule has 0 N–H and O–H groups in total. The van der Waals surface area contributed by atoms with Gasteiger partial charge < -0.3 is 14.2 Å². The van der Waals surface area contributed by atoms with Crippen LogP contribution in [0.1, 0.15) is 25.6 Å². The largest absolute Gasteiger partial charge is 0.368 e. The third-order valence-corrected chi connectivity index (χ3v) is 4.57. The SMILES string of the molecule is C[C@@H]1CCO[C@@H]1C(=O)N(C)C[C@H]1CCc2nccn2C1. The van der Waals surface area contributed by atoms with Crippen LogP contribution in [0.15, 0.2) is 12.4 Å². The van der Waals surface area contributed by atoms with Crippen LogP contribution in [0.4, 0.5) is 0 Å². The fourth-order valence-electron chi connectivity index (χ4n) is 3.29. The van der Waals surface area contributed by atoms with Crippen LogP contribution in [-0.2, 0) is 22.5 Å². The van der Waals surface area contributed by atoms with Gasteiger partial charge >= 0.3 is 0 Å². The molecule has 2 aliphatic heterocycles. The number of likely N-dealkylation sites (N-methyl/N-ethyl adjacent to an activating group) is 1. The highest BCUT2D eigenvalue weighted by Crippen LogP contribution is 2.23. The number of hydrogen-bond acceptors (Lipinski definition) is 3. The number of ether oxygens (including phenoxy) is 1. The highest BCUT2D eigenvalue weighted by atomic mass is 16.5. The molecule has 20 heavy (non-hydrogen) atoms. The van der Waals surface area contributed by atoms with Crippen molar-refractivity contribution in [2.24, 2.45) is 11.8 Å². The van der Waals surface area contributed by atoms with Gasteiger partial charge in [-0.25, -0.2) is 4.98 Å². The van der Waals surface area contributed by atoms with Crippen molar-refractivity contribution in [2.45, 2.75) is 38.8 Å². The number of nitrogens with zero attached hydrogens (tertiary/aromatic N) is 3. The number of aryl methyl sites for hydroxylation is 1. The van der Waals surface area contributed by atoms with E-state index in [9.17, 15) is 4.79 Å². The zero-order valence-electron chi connectivity index (χ0n) is 12.3. The molecule has 1 saturated heterocycles. The number of imidazole rings is 1. The second-order valence-electron chi connectivity index (χ2n) is 6.18. The van der Waals surface area contributed by atoms with E-state index in [1.807, 2.05) is 24.3 Å². The van der Waals surface area contributed by atoms with Gasteiger partial charge in [0.25, 0.3) is 5.91 Å². The highest BCUT2D eigenvalue weighted by Gasteiger charge is 2.33. The maximum absolute atomic E-state index is 12.4. The Morgan fingerprint density at radius 2 is 2.40 bits per heavy atom. The molecule has 5 nitrogen and oxygen atoms in total. The first-order valence-electron chi connectivity index (χ1n) is 7.51. The van der Waals surface area contributed by atoms with Crippen molar-refractivity contribution in [3.8, 4) is 0 Å². The summed E-state index contributed by atoms with van der Waals surface area (Å²) in [6.07, 6.45) is 6.77. The average molecular weight is 277 g/mol. The fourth-order valence-corrected chi connectivity index (χ4v) is 3.29. The number of carbonyl (C=O) groups excluding carboxylic acids is 1. The number of fused-ring (bicyclic) bond motifs is 1. The number of carbonyl (C=O) groups is 1. The summed E-state index contributed by atoms with van der Waals surface area (Å²) in [4.78, 5) is 18.6. The van der Waals surface area contributed by atoms with Crippen molar-refractivity contribution in [1.29, 1.82) is 0 Å². The molecule has 0 aromatic carbocycles. The topological polar surface area (TPSA) is 47.4 Å². The molecule has 0 aliphatic carbocycles. The van der Waals surface area contributed by atoms with Crippen molar-refractivity contribution in [3.63, 3.8) is 0 Å². The van der Waals surface area contributed by atoms with Gasteiger partial charge in [-0.15, -0.1) is 0 Å². The van der Waals surface area contributed by atoms with Gasteiger partial charge in [0.1, 0.15) is 11.9 Å². The van der Waals surface area contributed by atoms with E-state index < -0.39 is 0 Å². The molecule has 1 aromatic heterocycles. The number of aromatic nitrogens is 2. The molecule has 3 rings (SSSR count). The zero-order chi connectivity index (χ0) is 14.1. The monoisotopic (exact) mass is 277 g/mol. The smallest absolute Gasteiger partial charge is 0.251 e. The van der Waals surface area contributed by atoms with Gasteiger partial charge in [-0.2, -0.15) is 0 Å². The van der Waals surface area contributed by atoms with Gasteiger partial charge in [-0.05, 0) is 24.7 Å². The Kier molecular flexibility index (Phi) is 3.78. The lowest BCUT2D eigenvalue weighted by Crippen LogP contribution is -2.42. The van der Waals surface area contributed by atoms with E-state index in [0.717, 1.165) is 32.4 Å². The minimum Gasteiger partial charge on any atom is -0.368 e. The van der Waals surface area contributed by atoms with E-state index in [-0.39, 0.29) is 12.0 Å². The van der Waals surface area contributed by atoms with Crippen molar-refractivity contribution >= 4 is 5.91 Å². The van der Waals surface area contributed by atoms with Crippen LogP contribution in [0.3, 0.4) is 0 Å². The highest BCUT2D eigenvalue weighted by molar-refractivity contribution is 5.81. The second-order valence-corrected chi connectivity index (χ2v) is 6.18. The van der Waals surface area contributed by atoms with Crippen LogP contribution in [0.5, 0.6) is 0 Å². The Morgan fingerprint density at radius 1 is 1.55 bits per heavy atom. The number of hydrogen-bond donors (Lipinski definition) is 0. The fraction of sp³-hybridized carbons (Fsp3) is 0.733. The molecular weight excluding hydrogens is 254 g/mol. The third kappa shape index (κ3) is 2.59. The van der Waals surface area contributed by atoms with Crippen LogP contribution < -0.4 is 0 Å². The quantitative estimate of drug-likeness (QED) is 0.837. The summed E-state index contributed by atoms with van der Waals surface area (Å²) in [6, 6.07) is 0. The predicted octanol–water partition coefficient (Wildman–Crippen LogP) is 1.33. The van der Waals surface area contributed by atoms with Gasteiger partial charge in [0.15, 0.2) is 0 Å². The first kappa shape index (κ1) is 13.6. The summed E-state index contributed by atoms with van der Waals surface area (Å²) in [5.41, 5.74) is 0. The van der Waals surface area contributed by atoms with Crippen LogP contribution in [0.2, 0.25) is 0 Å². The maximum atomic E-state index is 12.4. The molecule has 0 saturated carbocycles. The van der Waals surface area contributed by atoms with Crippen LogP contribution in [0, 0.1) is 11.8 Å². The minimum atomic E-state index is -0.229. The molecule has 3 atom stereocenters. The molecule has 5 heteroatoms. The van der Waals surface area contributed by atoms with Crippen molar-refractivity contribution < 1.29 is 9.53 Å². The Bertz CT molecular complexity index is 485. The zero-order valence-corrected chi connectivity index (χ0v) is 12.3. The molecular formula is C15H23N3O2. The molecule has 0 unspecified atom stereocenters. The Hall–Kier alpha value is -1.36. The first-order chi connectivity index (χ1) is 9.65. The standard InChI is InChI=1S/C15H23N3O2/c1-11-5-8-20-14(11)15(19)17(2)9-12-3-4-13-16-6-7-18(13)10-12/h6-7,11-12,14H,3-5,8-10H2,1-2H3/t11-,12-,14+/m1/s1. The van der Waals surface area contributed by atoms with Gasteiger partial charge in [0.05, 0.1) is 0 Å². The summed E-state index contributed by atoms with van der Waals surface area (Å²) in [5.74, 6) is 2.17. The predicted molar refractivity (Wildman–Crippen MR) is 75.2 cm³/mol. The summed E-state index contributed by atoms with van der Waals surface area (Å²) < 4.78 is 7.78. The summed E-state index contributed by atoms with van der Waals surface area (Å²) in [7, 11) is 1.90. The lowest BCUT2D eigenvalue weighted by Gasteiger charge is -2.30. The van der Waals surface area contributed by atoms with Gasteiger partial charge in [0.2, 0.25) is 0 Å². The molecule has 1 amide bonds. The third-order valence-electron chi connectivity index (χ3n) is 4.57. The molecule has 1 fully saturated rings. The summed E-state index contributed by atoms with van der Waals surface area (Å²) in [6.45, 7) is 4.59. The van der Waals surface area contributed by atoms with E-state index >= 15 is 0 Å². The van der Waals surface area contributed by atoms with Crippen LogP contribution in [-0.4, -0.2) is 46.7 Å². The molecule has 0 bridgehead atoms. The van der Waals surface area contributed by atoms with Gasteiger partial charge in [-0.3, -0.25) is 4.79 Å². The molecule has 0 spiro atoms. The van der Waals surface area contributed by atoms with E-state index in [0.29, 0.717) is 18.4 Å². The Balaban J connectivity index is 1.57. The second kappa shape index (κ2) is 5.56. The molecule has 1 aromatic rings. The molecule has 110 valence electrons. The van der Waals surface area contributed by atoms with Crippen LogP contribution >= 0.6 is 0 Å². The summed E-state index contributed by atoms with van der Waals surface area (Å²) >= 11 is 0. The van der Waals surface area contributed by atoms with Crippen molar-refractivity contribution in [2.75, 3.05) is 20.2 Å². The summed E-state index contributed by atoms with van der Waals surface area (Å²) in [5, 5.41) is 0. The van der Waals surface area contributed by atoms with Gasteiger partial charge in [0, 0.05) is 45.6 Å². The lowest BCUT2D eigenvalue weighted by atomic mass is 9.98. The minimum absolute atomic E-state index is 0.145. The Morgan fingerprint density at radius 3 is 3.15 bits per heavy atom.